The maximum Gasteiger partial charge on any atom is 0.124 e. The maximum absolute atomic E-state index is 10.6. The summed E-state index contributed by atoms with van der Waals surface area (Å²) in [6.45, 7) is 7.34. The SMILES string of the molecule is CNC[C@@H](O)CN(c1cc(OC)cc(OC)c1)c1ccc2ncc(-c3cnn(C)c3)nc2c1.CNC[C@H](O)CN(c1cc(OC)cc(OC)c1)c1ccc2ncc(-c3cnn(C)c3)nc2c1.COC/C(CN(c1cc(OC)cc(OC)c1)c1ccc2ncc(-c3cnn(C)c3)nc2c1)=N\O.COc1cc(OC)cc(N(CCN2CCC[C@@H]2C)c2ccc3ncc(-c4cnn(C)c4)nc3c2)c1.S. The van der Waals surface area contributed by atoms with Crippen molar-refractivity contribution in [2.75, 3.05) is 157 Å². The summed E-state index contributed by atoms with van der Waals surface area (Å²) in [6, 6.07) is 47.3. The molecule has 1 aliphatic rings. The number of aryl methyl sites for hydroxylation is 4. The van der Waals surface area contributed by atoms with Gasteiger partial charge in [0, 0.05) is 233 Å². The van der Waals surface area contributed by atoms with Gasteiger partial charge in [0.25, 0.3) is 0 Å². The molecule has 3 atom stereocenters. The molecule has 1 fully saturated rings. The van der Waals surface area contributed by atoms with E-state index in [9.17, 15) is 15.4 Å². The van der Waals surface area contributed by atoms with Crippen LogP contribution < -0.4 is 68.1 Å². The molecule has 0 saturated carbocycles. The van der Waals surface area contributed by atoms with Crippen molar-refractivity contribution in [2.24, 2.45) is 33.3 Å². The van der Waals surface area contributed by atoms with Gasteiger partial charge in [0.15, 0.2) is 0 Å². The first-order valence-corrected chi connectivity index (χ1v) is 43.7. The lowest BCUT2D eigenvalue weighted by atomic mass is 10.1. The van der Waals surface area contributed by atoms with Crippen LogP contribution in [-0.2, 0) is 32.9 Å². The summed E-state index contributed by atoms with van der Waals surface area (Å²) >= 11 is 0. The van der Waals surface area contributed by atoms with Gasteiger partial charge in [0.2, 0.25) is 0 Å². The predicted molar refractivity (Wildman–Crippen MR) is 535 cm³/mol. The summed E-state index contributed by atoms with van der Waals surface area (Å²) in [6.07, 6.45) is 23.1. The van der Waals surface area contributed by atoms with Gasteiger partial charge >= 0.3 is 0 Å². The zero-order valence-corrected chi connectivity index (χ0v) is 80.1. The van der Waals surface area contributed by atoms with Gasteiger partial charge in [-0.2, -0.15) is 33.9 Å². The zero-order valence-electron chi connectivity index (χ0n) is 79.1. The van der Waals surface area contributed by atoms with Crippen molar-refractivity contribution in [2.45, 2.75) is 38.0 Å². The lowest BCUT2D eigenvalue weighted by Crippen LogP contribution is -2.35. The summed E-state index contributed by atoms with van der Waals surface area (Å²) in [5, 5.41) is 57.1. The van der Waals surface area contributed by atoms with Crippen molar-refractivity contribution in [3.63, 3.8) is 0 Å². The highest BCUT2D eigenvalue weighted by molar-refractivity contribution is 7.59. The minimum absolute atomic E-state index is 0. The van der Waals surface area contributed by atoms with E-state index in [1.807, 2.05) is 203 Å². The third-order valence-corrected chi connectivity index (χ3v) is 22.7. The second kappa shape index (κ2) is 46.7. The van der Waals surface area contributed by atoms with Crippen LogP contribution in [0.1, 0.15) is 19.8 Å². The molecule has 37 heteroatoms. The minimum atomic E-state index is -0.601. The lowest BCUT2D eigenvalue weighted by Gasteiger charge is -2.30. The molecule has 17 rings (SSSR count). The van der Waals surface area contributed by atoms with Crippen LogP contribution in [0.25, 0.3) is 89.2 Å². The first-order chi connectivity index (χ1) is 65.6. The van der Waals surface area contributed by atoms with Crippen molar-refractivity contribution < 1.29 is 58.1 Å². The number of hydrogen-bond acceptors (Lipinski definition) is 32. The molecule has 5 N–H and O–H groups in total. The van der Waals surface area contributed by atoms with Crippen LogP contribution in [0.5, 0.6) is 46.0 Å². The monoisotopic (exact) mass is 1860 g/mol. The quantitative estimate of drug-likeness (QED) is 0.0140. The minimum Gasteiger partial charge on any atom is -0.497 e. The molecule has 1 aliphatic heterocycles. The Kier molecular flexibility index (Phi) is 33.9. The first-order valence-electron chi connectivity index (χ1n) is 43.7. The molecule has 8 aromatic heterocycles. The Bertz CT molecular complexity index is 6440. The molecule has 9 heterocycles. The molecule has 0 amide bonds. The number of nitrogens with zero attached hydrogens (tertiary/aromatic N) is 22. The molecular weight excluding hydrogens is 1750 g/mol. The number of likely N-dealkylation sites (N-methyl/N-ethyl adjacent to an activating group) is 2. The summed E-state index contributed by atoms with van der Waals surface area (Å²) in [7, 11) is 25.7. The molecule has 8 aromatic carbocycles. The van der Waals surface area contributed by atoms with Crippen molar-refractivity contribution in [1.82, 2.24) is 94.5 Å². The molecule has 0 spiro atoms. The number of ether oxygens (including phenoxy) is 9. The van der Waals surface area contributed by atoms with Crippen LogP contribution in [0.15, 0.2) is 225 Å². The van der Waals surface area contributed by atoms with E-state index in [1.165, 1.54) is 12.8 Å². The number of aromatic nitrogens is 16. The van der Waals surface area contributed by atoms with Crippen LogP contribution >= 0.6 is 13.5 Å². The Morgan fingerprint density at radius 3 is 0.934 bits per heavy atom. The van der Waals surface area contributed by atoms with E-state index >= 15 is 0 Å². The molecule has 1 saturated heterocycles. The molecule has 136 heavy (non-hydrogen) atoms. The average molecular weight is 1870 g/mol. The maximum atomic E-state index is 10.6. The molecular formula is C99H116N24O12S. The summed E-state index contributed by atoms with van der Waals surface area (Å²) in [5.41, 5.74) is 20.4. The molecule has 36 nitrogen and oxygen atoms in total. The first kappa shape index (κ1) is 98.6. The standard InChI is InChI=1S/C27H32N6O2.C24H26N6O4.2C24H28N6O3.H2S/c1-19-6-5-9-32(19)10-11-33(22-12-23(34-3)15-24(13-22)35-4)21-7-8-25-26(14-21)30-27(17-28-25)20-16-29-31(2)18-20;1-29-13-16(11-26-29)24-12-25-22-6-5-18(9-23(22)27-24)30(14-17(28-31)15-32-2)19-7-20(33-3)10-21(8-19)34-4;2*1-25-12-19(31)15-30(18-7-20(32-3)10-21(8-18)33-4)17-5-6-22-23(9-17)28-24(13-26-22)16-11-27-29(2)14-16;/h7-8,12-19H,5-6,9-11H2,1-4H3;5-13,31H,14-15H2,1-4H3;2*5-11,13-14,19,25,31H,12,15H2,1-4H3;1H2/b;28-17-;;;/t19-;;2*19-;/m0.10./s1. The highest BCUT2D eigenvalue weighted by atomic mass is 32.1. The van der Waals surface area contributed by atoms with E-state index in [0.717, 1.165) is 160 Å². The van der Waals surface area contributed by atoms with Crippen molar-refractivity contribution in [1.29, 1.82) is 0 Å². The fraction of sp³-hybridized carbons (Fsp3) is 0.303. The Morgan fingerprint density at radius 1 is 0.390 bits per heavy atom. The molecule has 16 aromatic rings. The number of nitrogens with one attached hydrogen (secondary N) is 2. The number of oxime groups is 1. The Balaban J connectivity index is 0.000000153. The smallest absolute Gasteiger partial charge is 0.124 e. The predicted octanol–water partition coefficient (Wildman–Crippen LogP) is 14.0. The van der Waals surface area contributed by atoms with Crippen LogP contribution in [0, 0.1) is 0 Å². The number of fused-ring (bicyclic) bond motifs is 4. The van der Waals surface area contributed by atoms with E-state index in [-0.39, 0.29) is 26.6 Å². The second-order valence-corrected chi connectivity index (χ2v) is 32.1. The third-order valence-electron chi connectivity index (χ3n) is 22.7. The van der Waals surface area contributed by atoms with Gasteiger partial charge in [0.05, 0.1) is 212 Å². The Labute approximate surface area is 796 Å². The third kappa shape index (κ3) is 24.8. The highest BCUT2D eigenvalue weighted by Crippen LogP contribution is 2.41. The lowest BCUT2D eigenvalue weighted by molar-refractivity contribution is 0.182. The summed E-state index contributed by atoms with van der Waals surface area (Å²) < 4.78 is 56.1. The summed E-state index contributed by atoms with van der Waals surface area (Å²) in [5.74, 6) is 5.44. The van der Waals surface area contributed by atoms with Crippen molar-refractivity contribution in [3.8, 4) is 91.0 Å². The van der Waals surface area contributed by atoms with Gasteiger partial charge in [-0.15, -0.1) is 0 Å². The summed E-state index contributed by atoms with van der Waals surface area (Å²) in [4.78, 5) is 48.6. The molecule has 0 aliphatic carbocycles. The van der Waals surface area contributed by atoms with Crippen LogP contribution in [-0.4, -0.2) is 260 Å². The number of likely N-dealkylation sites (tertiary alicyclic amines) is 1. The van der Waals surface area contributed by atoms with Crippen LogP contribution in [0.3, 0.4) is 0 Å². The van der Waals surface area contributed by atoms with Crippen molar-refractivity contribution >= 4 is 109 Å². The number of benzene rings is 8. The van der Waals surface area contributed by atoms with E-state index < -0.39 is 12.2 Å². The normalized spacial score (nSPS) is 12.9. The topological polar surface area (TPSA) is 371 Å². The second-order valence-electron chi connectivity index (χ2n) is 32.1. The van der Waals surface area contributed by atoms with Gasteiger partial charge < -0.3 is 88.3 Å². The number of aliphatic hydroxyl groups excluding tert-OH is 2. The molecule has 710 valence electrons. The Morgan fingerprint density at radius 2 is 0.676 bits per heavy atom. The van der Waals surface area contributed by atoms with Gasteiger partial charge in [-0.1, -0.05) is 5.16 Å². The average Bonchev–Trinajstić information content (AvgIpc) is 1.05. The van der Waals surface area contributed by atoms with E-state index in [0.29, 0.717) is 77.9 Å². The number of hydrogen-bond donors (Lipinski definition) is 5. The van der Waals surface area contributed by atoms with Gasteiger partial charge in [0.1, 0.15) is 51.7 Å². The van der Waals surface area contributed by atoms with Gasteiger partial charge in [-0.3, -0.25) is 43.6 Å². The highest BCUT2D eigenvalue weighted by Gasteiger charge is 2.26. The molecule has 0 bridgehead atoms. The van der Waals surface area contributed by atoms with Gasteiger partial charge in [-0.05, 0) is 113 Å². The Hall–Kier alpha value is -14.9. The zero-order chi connectivity index (χ0) is 95.2. The number of anilines is 8. The largest absolute Gasteiger partial charge is 0.497 e. The van der Waals surface area contributed by atoms with Crippen LogP contribution in [0.2, 0.25) is 0 Å². The molecule has 0 radical (unpaired) electrons. The number of rotatable bonds is 35. The van der Waals surface area contributed by atoms with Crippen LogP contribution in [0.4, 0.5) is 45.5 Å². The fourth-order valence-electron chi connectivity index (χ4n) is 15.7. The van der Waals surface area contributed by atoms with Gasteiger partial charge in [-0.25, -0.2) is 19.9 Å². The molecule has 0 unspecified atom stereocenters. The van der Waals surface area contributed by atoms with E-state index in [4.69, 9.17) is 62.6 Å². The van der Waals surface area contributed by atoms with E-state index in [1.54, 1.807) is 132 Å². The van der Waals surface area contributed by atoms with E-state index in [2.05, 4.69) is 97.1 Å². The number of aliphatic hydroxyl groups is 2. The number of methoxy groups -OCH3 is 9. The fourth-order valence-corrected chi connectivity index (χ4v) is 15.7. The van der Waals surface area contributed by atoms with Crippen molar-refractivity contribution in [3.05, 3.63) is 220 Å².